The van der Waals surface area contributed by atoms with Crippen molar-refractivity contribution in [3.63, 3.8) is 0 Å². The van der Waals surface area contributed by atoms with Crippen molar-refractivity contribution >= 4 is 5.91 Å². The molecule has 5 heteroatoms. The van der Waals surface area contributed by atoms with Gasteiger partial charge in [0.2, 0.25) is 0 Å². The Morgan fingerprint density at radius 3 is 2.54 bits per heavy atom. The summed E-state index contributed by atoms with van der Waals surface area (Å²) in [5.41, 5.74) is 3.51. The Kier molecular flexibility index (Phi) is 5.03. The molecule has 0 saturated carbocycles. The molecule has 0 radical (unpaired) electrons. The van der Waals surface area contributed by atoms with Gasteiger partial charge in [-0.15, -0.1) is 0 Å². The molecule has 3 aromatic rings. The summed E-state index contributed by atoms with van der Waals surface area (Å²) in [4.78, 5) is 16.6. The van der Waals surface area contributed by atoms with Crippen LogP contribution in [0.3, 0.4) is 0 Å². The molecule has 0 atom stereocenters. The number of rotatable bonds is 6. The second kappa shape index (κ2) is 7.57. The molecule has 24 heavy (non-hydrogen) atoms. The zero-order valence-electron chi connectivity index (χ0n) is 13.5. The van der Waals surface area contributed by atoms with E-state index in [9.17, 15) is 4.79 Å². The number of imidazole rings is 1. The third kappa shape index (κ3) is 3.52. The van der Waals surface area contributed by atoms with Gasteiger partial charge in [-0.3, -0.25) is 9.36 Å². The van der Waals surface area contributed by atoms with Crippen molar-refractivity contribution < 1.29 is 9.53 Å². The highest BCUT2D eigenvalue weighted by atomic mass is 16.5. The summed E-state index contributed by atoms with van der Waals surface area (Å²) in [6, 6.07) is 17.6. The van der Waals surface area contributed by atoms with Crippen molar-refractivity contribution in [1.29, 1.82) is 0 Å². The van der Waals surface area contributed by atoms with Crippen molar-refractivity contribution in [3.05, 3.63) is 83.9 Å². The molecule has 0 fully saturated rings. The normalized spacial score (nSPS) is 10.5. The Hall–Kier alpha value is -2.92. The first-order valence-electron chi connectivity index (χ1n) is 7.71. The lowest BCUT2D eigenvalue weighted by molar-refractivity contribution is 0.0943. The fraction of sp³-hybridized carbons (Fsp3) is 0.158. The maximum absolute atomic E-state index is 12.5. The molecule has 0 aliphatic heterocycles. The molecular weight excluding hydrogens is 302 g/mol. The Labute approximate surface area is 140 Å². The van der Waals surface area contributed by atoms with Gasteiger partial charge < -0.3 is 10.1 Å². The van der Waals surface area contributed by atoms with E-state index in [1.807, 2.05) is 54.6 Å². The van der Waals surface area contributed by atoms with Gasteiger partial charge in [0.05, 0.1) is 19.1 Å². The van der Waals surface area contributed by atoms with Crippen molar-refractivity contribution in [3.8, 4) is 5.69 Å². The summed E-state index contributed by atoms with van der Waals surface area (Å²) in [5, 5.41) is 2.95. The minimum absolute atomic E-state index is 0.163. The molecule has 0 spiro atoms. The molecule has 2 aromatic carbocycles. The number of nitrogens with zero attached hydrogens (tertiary/aromatic N) is 2. The van der Waals surface area contributed by atoms with E-state index in [4.69, 9.17) is 4.74 Å². The Bertz CT molecular complexity index is 812. The zero-order chi connectivity index (χ0) is 16.8. The fourth-order valence-electron chi connectivity index (χ4n) is 2.55. The molecule has 0 saturated heterocycles. The van der Waals surface area contributed by atoms with E-state index in [1.54, 1.807) is 24.2 Å². The highest BCUT2D eigenvalue weighted by Crippen LogP contribution is 2.12. The van der Waals surface area contributed by atoms with Gasteiger partial charge in [0.1, 0.15) is 5.69 Å². The molecule has 3 rings (SSSR count). The lowest BCUT2D eigenvalue weighted by Crippen LogP contribution is -2.25. The number of hydrogen-bond donors (Lipinski definition) is 1. The topological polar surface area (TPSA) is 56.1 Å². The van der Waals surface area contributed by atoms with E-state index < -0.39 is 0 Å². The molecule has 1 aromatic heterocycles. The fourth-order valence-corrected chi connectivity index (χ4v) is 2.55. The number of para-hydroxylation sites is 1. The summed E-state index contributed by atoms with van der Waals surface area (Å²) >= 11 is 0. The van der Waals surface area contributed by atoms with Crippen molar-refractivity contribution in [2.75, 3.05) is 7.11 Å². The summed E-state index contributed by atoms with van der Waals surface area (Å²) in [7, 11) is 1.66. The first kappa shape index (κ1) is 16.0. The zero-order valence-corrected chi connectivity index (χ0v) is 13.5. The average Bonchev–Trinajstić information content (AvgIpc) is 3.11. The predicted molar refractivity (Wildman–Crippen MR) is 91.9 cm³/mol. The number of carbonyl (C=O) groups excluding carboxylic acids is 1. The van der Waals surface area contributed by atoms with Crippen LogP contribution in [-0.4, -0.2) is 22.6 Å². The number of aromatic nitrogens is 2. The van der Waals surface area contributed by atoms with Gasteiger partial charge >= 0.3 is 0 Å². The second-order valence-corrected chi connectivity index (χ2v) is 5.37. The number of ether oxygens (including phenoxy) is 1. The highest BCUT2D eigenvalue weighted by molar-refractivity contribution is 5.93. The van der Waals surface area contributed by atoms with Crippen LogP contribution in [0.4, 0.5) is 0 Å². The lowest BCUT2D eigenvalue weighted by atomic mass is 10.1. The van der Waals surface area contributed by atoms with Gasteiger partial charge in [-0.05, 0) is 23.3 Å². The third-order valence-corrected chi connectivity index (χ3v) is 3.76. The van der Waals surface area contributed by atoms with E-state index in [1.165, 1.54) is 0 Å². The molecule has 0 aliphatic rings. The molecular formula is C19H19N3O2. The quantitative estimate of drug-likeness (QED) is 0.759. The number of methoxy groups -OCH3 is 1. The predicted octanol–water partition coefficient (Wildman–Crippen LogP) is 2.95. The van der Waals surface area contributed by atoms with Gasteiger partial charge in [0, 0.05) is 19.3 Å². The van der Waals surface area contributed by atoms with Crippen molar-refractivity contribution in [1.82, 2.24) is 14.9 Å². The maximum atomic E-state index is 12.5. The molecule has 0 bridgehead atoms. The molecule has 0 unspecified atom stereocenters. The van der Waals surface area contributed by atoms with Crippen LogP contribution in [0.1, 0.15) is 21.6 Å². The average molecular weight is 321 g/mol. The van der Waals surface area contributed by atoms with Crippen molar-refractivity contribution in [2.24, 2.45) is 0 Å². The van der Waals surface area contributed by atoms with E-state index in [-0.39, 0.29) is 5.91 Å². The molecule has 1 heterocycles. The SMILES string of the molecule is COCc1ccccc1CNC(=O)c1cncn1-c1ccccc1. The van der Waals surface area contributed by atoms with Crippen LogP contribution in [0.15, 0.2) is 67.1 Å². The number of hydrogen-bond acceptors (Lipinski definition) is 3. The standard InChI is InChI=1S/C19H19N3O2/c1-24-13-16-8-6-5-7-15(16)11-21-19(23)18-12-20-14-22(18)17-9-3-2-4-10-17/h2-10,12,14H,11,13H2,1H3,(H,21,23). The lowest BCUT2D eigenvalue weighted by Gasteiger charge is -2.11. The Balaban J connectivity index is 1.74. The van der Waals surface area contributed by atoms with Gasteiger partial charge in [-0.1, -0.05) is 42.5 Å². The monoisotopic (exact) mass is 321 g/mol. The minimum atomic E-state index is -0.163. The smallest absolute Gasteiger partial charge is 0.270 e. The summed E-state index contributed by atoms with van der Waals surface area (Å²) < 4.78 is 6.97. The minimum Gasteiger partial charge on any atom is -0.380 e. The Morgan fingerprint density at radius 1 is 1.08 bits per heavy atom. The maximum Gasteiger partial charge on any atom is 0.270 e. The highest BCUT2D eigenvalue weighted by Gasteiger charge is 2.13. The summed E-state index contributed by atoms with van der Waals surface area (Å²) in [6.07, 6.45) is 3.21. The van der Waals surface area contributed by atoms with Crippen molar-refractivity contribution in [2.45, 2.75) is 13.2 Å². The van der Waals surface area contributed by atoms with Gasteiger partial charge in [0.25, 0.3) is 5.91 Å². The van der Waals surface area contributed by atoms with Crippen LogP contribution in [-0.2, 0) is 17.9 Å². The van der Waals surface area contributed by atoms with E-state index in [2.05, 4.69) is 10.3 Å². The van der Waals surface area contributed by atoms with Crippen LogP contribution in [0, 0.1) is 0 Å². The first-order chi connectivity index (χ1) is 11.8. The van der Waals surface area contributed by atoms with Crippen LogP contribution >= 0.6 is 0 Å². The first-order valence-corrected chi connectivity index (χ1v) is 7.71. The summed E-state index contributed by atoms with van der Waals surface area (Å²) in [5.74, 6) is -0.163. The van der Waals surface area contributed by atoms with E-state index in [0.29, 0.717) is 18.8 Å². The number of amides is 1. The molecule has 1 N–H and O–H groups in total. The second-order valence-electron chi connectivity index (χ2n) is 5.37. The molecule has 0 aliphatic carbocycles. The van der Waals surface area contributed by atoms with Gasteiger partial charge in [-0.25, -0.2) is 4.98 Å². The van der Waals surface area contributed by atoms with Crippen LogP contribution in [0.25, 0.3) is 5.69 Å². The van der Waals surface area contributed by atoms with Crippen LogP contribution in [0.2, 0.25) is 0 Å². The van der Waals surface area contributed by atoms with Gasteiger partial charge in [0.15, 0.2) is 0 Å². The number of nitrogens with one attached hydrogen (secondary N) is 1. The van der Waals surface area contributed by atoms with Gasteiger partial charge in [-0.2, -0.15) is 0 Å². The third-order valence-electron chi connectivity index (χ3n) is 3.76. The molecule has 5 nitrogen and oxygen atoms in total. The van der Waals surface area contributed by atoms with Crippen LogP contribution in [0.5, 0.6) is 0 Å². The number of benzene rings is 2. The van der Waals surface area contributed by atoms with E-state index >= 15 is 0 Å². The molecule has 1 amide bonds. The summed E-state index contributed by atoms with van der Waals surface area (Å²) in [6.45, 7) is 0.965. The van der Waals surface area contributed by atoms with E-state index in [0.717, 1.165) is 16.8 Å². The number of carbonyl (C=O) groups is 1. The largest absolute Gasteiger partial charge is 0.380 e. The molecule has 122 valence electrons. The Morgan fingerprint density at radius 2 is 1.79 bits per heavy atom. The van der Waals surface area contributed by atoms with Crippen LogP contribution < -0.4 is 5.32 Å².